The molecule has 1 saturated heterocycles. The molecule has 0 saturated carbocycles. The Morgan fingerprint density at radius 1 is 0.949 bits per heavy atom. The summed E-state index contributed by atoms with van der Waals surface area (Å²) in [5, 5.41) is 18.4. The van der Waals surface area contributed by atoms with Crippen LogP contribution in [0.15, 0.2) is 67.4 Å². The van der Waals surface area contributed by atoms with Crippen LogP contribution in [0.3, 0.4) is 0 Å². The normalized spacial score (nSPS) is 13.7. The third kappa shape index (κ3) is 5.06. The van der Waals surface area contributed by atoms with Crippen LogP contribution in [0.25, 0.3) is 27.8 Å². The standard InChI is InChI=1S/C29H24FN9/c1-36-19-24(18-33-36)22-14-26(29-23(15-31)17-34-39(29)20-22)21-7-8-28(32-16-21)38-12-10-37(11-13-38)9-3-5-25-4-2-6-27(30)35-25/h2,4,6-8,14,16-20H,9-13H2,1H3. The molecule has 9 nitrogen and oxygen atoms in total. The second kappa shape index (κ2) is 10.4. The maximum Gasteiger partial charge on any atom is 0.214 e. The minimum absolute atomic E-state index is 0.444. The second-order valence-corrected chi connectivity index (χ2v) is 9.32. The lowest BCUT2D eigenvalue weighted by molar-refractivity contribution is 0.287. The van der Waals surface area contributed by atoms with Gasteiger partial charge in [-0.2, -0.15) is 19.8 Å². The van der Waals surface area contributed by atoms with Crippen LogP contribution in [0.1, 0.15) is 11.3 Å². The highest BCUT2D eigenvalue weighted by Crippen LogP contribution is 2.32. The van der Waals surface area contributed by atoms with E-state index in [0.29, 0.717) is 17.8 Å². The zero-order chi connectivity index (χ0) is 26.8. The molecule has 1 aliphatic rings. The minimum atomic E-state index is -0.518. The molecule has 10 heteroatoms. The first-order valence-corrected chi connectivity index (χ1v) is 12.5. The van der Waals surface area contributed by atoms with Crippen molar-refractivity contribution in [2.24, 2.45) is 7.05 Å². The predicted molar refractivity (Wildman–Crippen MR) is 145 cm³/mol. The summed E-state index contributed by atoms with van der Waals surface area (Å²) in [6, 6.07) is 13.0. The molecule has 0 aliphatic carbocycles. The quantitative estimate of drug-likeness (QED) is 0.267. The van der Waals surface area contributed by atoms with Crippen LogP contribution in [-0.2, 0) is 7.05 Å². The Bertz CT molecular complexity index is 1740. The Morgan fingerprint density at radius 2 is 1.82 bits per heavy atom. The van der Waals surface area contributed by atoms with Crippen LogP contribution < -0.4 is 4.90 Å². The molecule has 39 heavy (non-hydrogen) atoms. The summed E-state index contributed by atoms with van der Waals surface area (Å²) in [7, 11) is 1.88. The lowest BCUT2D eigenvalue weighted by Gasteiger charge is -2.34. The topological polar surface area (TPSA) is 91.2 Å². The van der Waals surface area contributed by atoms with E-state index in [4.69, 9.17) is 4.98 Å². The fourth-order valence-corrected chi connectivity index (χ4v) is 4.74. The van der Waals surface area contributed by atoms with Crippen molar-refractivity contribution in [2.45, 2.75) is 0 Å². The average molecular weight is 518 g/mol. The summed E-state index contributed by atoms with van der Waals surface area (Å²) in [5.74, 6) is 6.41. The molecule has 5 aromatic rings. The molecule has 6 heterocycles. The SMILES string of the molecule is Cn1cc(-c2cc(-c3ccc(N4CCN(CC#Cc5cccc(F)n5)CC4)nc3)c3c(C#N)cnn3c2)cn1. The first-order valence-electron chi connectivity index (χ1n) is 12.5. The van der Waals surface area contributed by atoms with Gasteiger partial charge < -0.3 is 4.90 Å². The van der Waals surface area contributed by atoms with Crippen molar-refractivity contribution in [3.63, 3.8) is 0 Å². The summed E-state index contributed by atoms with van der Waals surface area (Å²) < 4.78 is 16.7. The number of rotatable bonds is 4. The molecule has 0 radical (unpaired) electrons. The largest absolute Gasteiger partial charge is 0.354 e. The Labute approximate surface area is 224 Å². The Kier molecular flexibility index (Phi) is 6.45. The van der Waals surface area contributed by atoms with Crippen molar-refractivity contribution in [3.8, 4) is 40.2 Å². The van der Waals surface area contributed by atoms with E-state index in [2.05, 4.69) is 49.0 Å². The van der Waals surface area contributed by atoms with Crippen LogP contribution >= 0.6 is 0 Å². The lowest BCUT2D eigenvalue weighted by atomic mass is 10.0. The Balaban J connectivity index is 1.18. The van der Waals surface area contributed by atoms with Gasteiger partial charge in [-0.1, -0.05) is 12.0 Å². The summed E-state index contributed by atoms with van der Waals surface area (Å²) in [6.07, 6.45) is 9.12. The van der Waals surface area contributed by atoms with Crippen molar-refractivity contribution in [1.29, 1.82) is 5.26 Å². The molecule has 0 unspecified atom stereocenters. The number of fused-ring (bicyclic) bond motifs is 1. The zero-order valence-corrected chi connectivity index (χ0v) is 21.3. The number of hydrogen-bond donors (Lipinski definition) is 0. The number of anilines is 1. The highest BCUT2D eigenvalue weighted by molar-refractivity contribution is 5.87. The molecule has 0 spiro atoms. The zero-order valence-electron chi connectivity index (χ0n) is 21.3. The van der Waals surface area contributed by atoms with E-state index < -0.39 is 5.95 Å². The van der Waals surface area contributed by atoms with Crippen molar-refractivity contribution in [2.75, 3.05) is 37.6 Å². The van der Waals surface area contributed by atoms with Gasteiger partial charge in [0.1, 0.15) is 17.6 Å². The smallest absolute Gasteiger partial charge is 0.214 e. The minimum Gasteiger partial charge on any atom is -0.354 e. The van der Waals surface area contributed by atoms with E-state index in [1.165, 1.54) is 6.07 Å². The molecule has 0 amide bonds. The van der Waals surface area contributed by atoms with E-state index in [-0.39, 0.29) is 0 Å². The number of aromatic nitrogens is 6. The van der Waals surface area contributed by atoms with Gasteiger partial charge >= 0.3 is 0 Å². The maximum absolute atomic E-state index is 13.2. The third-order valence-corrected chi connectivity index (χ3v) is 6.76. The number of nitrogens with zero attached hydrogens (tertiary/aromatic N) is 9. The van der Waals surface area contributed by atoms with Crippen LogP contribution in [-0.4, -0.2) is 67.0 Å². The van der Waals surface area contributed by atoms with Crippen LogP contribution in [0.4, 0.5) is 10.2 Å². The van der Waals surface area contributed by atoms with Gasteiger partial charge in [0.2, 0.25) is 5.95 Å². The number of nitriles is 1. The summed E-state index contributed by atoms with van der Waals surface area (Å²) in [6.45, 7) is 3.96. The second-order valence-electron chi connectivity index (χ2n) is 9.32. The van der Waals surface area contributed by atoms with E-state index in [9.17, 15) is 9.65 Å². The van der Waals surface area contributed by atoms with E-state index in [0.717, 1.165) is 59.8 Å². The summed E-state index contributed by atoms with van der Waals surface area (Å²) >= 11 is 0. The van der Waals surface area contributed by atoms with Gasteiger partial charge in [0.25, 0.3) is 0 Å². The van der Waals surface area contributed by atoms with Gasteiger partial charge in [-0.05, 0) is 36.3 Å². The highest BCUT2D eigenvalue weighted by Gasteiger charge is 2.19. The molecule has 0 atom stereocenters. The molecular weight excluding hydrogens is 493 g/mol. The summed E-state index contributed by atoms with van der Waals surface area (Å²) in [4.78, 5) is 13.1. The number of piperazine rings is 1. The molecule has 6 rings (SSSR count). The first kappa shape index (κ1) is 24.3. The fraction of sp³-hybridized carbons (Fsp3) is 0.207. The van der Waals surface area contributed by atoms with E-state index in [1.54, 1.807) is 27.5 Å². The fourth-order valence-electron chi connectivity index (χ4n) is 4.74. The Hall–Kier alpha value is -5.06. The molecule has 192 valence electrons. The van der Waals surface area contributed by atoms with Crippen molar-refractivity contribution in [1.82, 2.24) is 34.3 Å². The van der Waals surface area contributed by atoms with Crippen LogP contribution in [0.2, 0.25) is 0 Å². The maximum atomic E-state index is 13.2. The molecule has 0 N–H and O–H groups in total. The van der Waals surface area contributed by atoms with Gasteiger partial charge in [-0.15, -0.1) is 0 Å². The number of halogens is 1. The van der Waals surface area contributed by atoms with Gasteiger partial charge in [-0.3, -0.25) is 9.58 Å². The molecule has 0 bridgehead atoms. The van der Waals surface area contributed by atoms with Crippen LogP contribution in [0.5, 0.6) is 0 Å². The van der Waals surface area contributed by atoms with Gasteiger partial charge in [-0.25, -0.2) is 14.5 Å². The van der Waals surface area contributed by atoms with Crippen molar-refractivity contribution < 1.29 is 4.39 Å². The van der Waals surface area contributed by atoms with Crippen LogP contribution in [0, 0.1) is 29.1 Å². The van der Waals surface area contributed by atoms with Gasteiger partial charge in [0.05, 0.1) is 30.0 Å². The third-order valence-electron chi connectivity index (χ3n) is 6.76. The summed E-state index contributed by atoms with van der Waals surface area (Å²) in [5.41, 5.74) is 5.43. The van der Waals surface area contributed by atoms with Gasteiger partial charge in [0.15, 0.2) is 0 Å². The van der Waals surface area contributed by atoms with E-state index >= 15 is 0 Å². The molecule has 5 aromatic heterocycles. The lowest BCUT2D eigenvalue weighted by Crippen LogP contribution is -2.46. The Morgan fingerprint density at radius 3 is 2.54 bits per heavy atom. The first-order chi connectivity index (χ1) is 19.1. The molecule has 1 fully saturated rings. The number of hydrogen-bond acceptors (Lipinski definition) is 7. The molecule has 0 aromatic carbocycles. The number of pyridine rings is 3. The van der Waals surface area contributed by atoms with Crippen molar-refractivity contribution in [3.05, 3.63) is 84.6 Å². The van der Waals surface area contributed by atoms with Gasteiger partial charge in [0, 0.05) is 74.1 Å². The average Bonchev–Trinajstić information content (AvgIpc) is 3.59. The number of aryl methyl sites for hydroxylation is 1. The highest BCUT2D eigenvalue weighted by atomic mass is 19.1. The molecule has 1 aliphatic heterocycles. The van der Waals surface area contributed by atoms with Crippen molar-refractivity contribution >= 4 is 11.3 Å². The molecular formula is C29H24FN9. The monoisotopic (exact) mass is 517 g/mol. The predicted octanol–water partition coefficient (Wildman–Crippen LogP) is 3.38. The van der Waals surface area contributed by atoms with E-state index in [1.807, 2.05) is 44.0 Å².